The first kappa shape index (κ1) is 11.6. The van der Waals surface area contributed by atoms with Crippen LogP contribution in [0.2, 0.25) is 0 Å². The molecule has 0 saturated carbocycles. The van der Waals surface area contributed by atoms with E-state index in [0.717, 1.165) is 42.8 Å². The van der Waals surface area contributed by atoms with E-state index in [1.54, 1.807) is 0 Å². The summed E-state index contributed by atoms with van der Waals surface area (Å²) in [6, 6.07) is 10.1. The minimum Gasteiger partial charge on any atom is -0.484 e. The zero-order valence-corrected chi connectivity index (χ0v) is 10.3. The number of hydrogen-bond donors (Lipinski definition) is 1. The van der Waals surface area contributed by atoms with Crippen LogP contribution in [0.3, 0.4) is 0 Å². The molecule has 1 aromatic carbocycles. The molecular formula is C15H18O3. The molecule has 3 rings (SSSR count). The average molecular weight is 246 g/mol. The highest BCUT2D eigenvalue weighted by Gasteiger charge is 2.32. The molecule has 0 saturated heterocycles. The van der Waals surface area contributed by atoms with E-state index in [-0.39, 0.29) is 6.10 Å². The summed E-state index contributed by atoms with van der Waals surface area (Å²) in [7, 11) is 0. The van der Waals surface area contributed by atoms with Crippen molar-refractivity contribution >= 4 is 0 Å². The summed E-state index contributed by atoms with van der Waals surface area (Å²) in [5, 5.41) is 9.99. The summed E-state index contributed by atoms with van der Waals surface area (Å²) >= 11 is 0. The molecule has 0 fully saturated rings. The first-order chi connectivity index (χ1) is 8.83. The predicted molar refractivity (Wildman–Crippen MR) is 67.6 cm³/mol. The Morgan fingerprint density at radius 1 is 1.00 bits per heavy atom. The van der Waals surface area contributed by atoms with Gasteiger partial charge in [-0.15, -0.1) is 0 Å². The lowest BCUT2D eigenvalue weighted by Crippen LogP contribution is -2.37. The van der Waals surface area contributed by atoms with Crippen LogP contribution in [0.5, 0.6) is 0 Å². The molecule has 1 N–H and O–H groups in total. The van der Waals surface area contributed by atoms with Gasteiger partial charge < -0.3 is 14.6 Å². The minimum atomic E-state index is -0.845. The highest BCUT2D eigenvalue weighted by molar-refractivity contribution is 5.17. The third-order valence-electron chi connectivity index (χ3n) is 3.52. The first-order valence-electron chi connectivity index (χ1n) is 6.60. The van der Waals surface area contributed by atoms with Gasteiger partial charge in [0.15, 0.2) is 6.10 Å². The van der Waals surface area contributed by atoms with E-state index in [0.29, 0.717) is 6.42 Å². The number of aliphatic hydroxyl groups excluding tert-OH is 1. The largest absolute Gasteiger partial charge is 0.484 e. The molecule has 0 amide bonds. The monoisotopic (exact) mass is 246 g/mol. The molecule has 0 radical (unpaired) electrons. The third kappa shape index (κ3) is 2.36. The zero-order valence-electron chi connectivity index (χ0n) is 10.3. The van der Waals surface area contributed by atoms with E-state index in [1.807, 2.05) is 30.3 Å². The van der Waals surface area contributed by atoms with Crippen molar-refractivity contribution in [1.82, 2.24) is 0 Å². The maximum absolute atomic E-state index is 9.99. The van der Waals surface area contributed by atoms with Gasteiger partial charge >= 0.3 is 0 Å². The fourth-order valence-electron chi connectivity index (χ4n) is 2.55. The quantitative estimate of drug-likeness (QED) is 0.872. The summed E-state index contributed by atoms with van der Waals surface area (Å²) in [6.45, 7) is 0. The van der Waals surface area contributed by atoms with E-state index in [1.165, 1.54) is 0 Å². The number of allylic oxidation sites excluding steroid dienone is 2. The highest BCUT2D eigenvalue weighted by Crippen LogP contribution is 2.33. The summed E-state index contributed by atoms with van der Waals surface area (Å²) in [5.41, 5.74) is 1.16. The summed E-state index contributed by atoms with van der Waals surface area (Å²) in [5.74, 6) is 1.81. The van der Waals surface area contributed by atoms with Crippen LogP contribution in [0.4, 0.5) is 0 Å². The first-order valence-corrected chi connectivity index (χ1v) is 6.60. The van der Waals surface area contributed by atoms with Crippen molar-refractivity contribution < 1.29 is 14.6 Å². The van der Waals surface area contributed by atoms with E-state index < -0.39 is 6.29 Å². The van der Waals surface area contributed by atoms with Gasteiger partial charge in [-0.05, 0) is 18.4 Å². The lowest BCUT2D eigenvalue weighted by Gasteiger charge is -2.34. The van der Waals surface area contributed by atoms with Gasteiger partial charge in [-0.1, -0.05) is 30.3 Å². The van der Waals surface area contributed by atoms with Crippen LogP contribution in [0.1, 0.15) is 31.2 Å². The molecule has 1 aliphatic carbocycles. The maximum atomic E-state index is 9.99. The molecule has 1 aliphatic heterocycles. The van der Waals surface area contributed by atoms with Gasteiger partial charge in [0.1, 0.15) is 11.5 Å². The number of ether oxygens (including phenoxy) is 2. The van der Waals surface area contributed by atoms with Gasteiger partial charge in [-0.2, -0.15) is 0 Å². The van der Waals surface area contributed by atoms with Gasteiger partial charge in [-0.25, -0.2) is 0 Å². The van der Waals surface area contributed by atoms with Gasteiger partial charge in [0.2, 0.25) is 6.29 Å². The number of hydrogen-bond acceptors (Lipinski definition) is 3. The number of aliphatic hydroxyl groups is 1. The van der Waals surface area contributed by atoms with Crippen molar-refractivity contribution in [3.8, 4) is 0 Å². The van der Waals surface area contributed by atoms with Crippen molar-refractivity contribution in [1.29, 1.82) is 0 Å². The van der Waals surface area contributed by atoms with Crippen molar-refractivity contribution in [3.05, 3.63) is 47.4 Å². The molecule has 0 bridgehead atoms. The van der Waals surface area contributed by atoms with E-state index >= 15 is 0 Å². The summed E-state index contributed by atoms with van der Waals surface area (Å²) in [6.07, 6.45) is 3.65. The van der Waals surface area contributed by atoms with Gasteiger partial charge in [0, 0.05) is 19.3 Å². The Hall–Kier alpha value is -1.48. The fraction of sp³-hybridized carbons (Fsp3) is 0.467. The molecule has 3 nitrogen and oxygen atoms in total. The Morgan fingerprint density at radius 2 is 1.67 bits per heavy atom. The molecule has 18 heavy (non-hydrogen) atoms. The standard InChI is InChI=1S/C15H18O3/c16-15-14(10-11-6-2-1-3-7-11)17-12-8-4-5-9-13(12)18-15/h1-3,6-7,14-16H,4-5,8-10H2/t14-,15?/m0/s1. The predicted octanol–water partition coefficient (Wildman–Crippen LogP) is 2.75. The molecule has 1 heterocycles. The third-order valence-corrected chi connectivity index (χ3v) is 3.52. The van der Waals surface area contributed by atoms with Crippen LogP contribution in [0.15, 0.2) is 41.9 Å². The van der Waals surface area contributed by atoms with Crippen LogP contribution in [0, 0.1) is 0 Å². The van der Waals surface area contributed by atoms with Gasteiger partial charge in [0.05, 0.1) is 0 Å². The van der Waals surface area contributed by atoms with Crippen LogP contribution < -0.4 is 0 Å². The zero-order chi connectivity index (χ0) is 12.4. The topological polar surface area (TPSA) is 38.7 Å². The van der Waals surface area contributed by atoms with Crippen LogP contribution in [-0.2, 0) is 15.9 Å². The van der Waals surface area contributed by atoms with Gasteiger partial charge in [-0.3, -0.25) is 0 Å². The number of rotatable bonds is 2. The highest BCUT2D eigenvalue weighted by atomic mass is 16.7. The molecule has 0 aromatic heterocycles. The number of benzene rings is 1. The SMILES string of the molecule is OC1OC2=C(CCCC2)O[C@H]1Cc1ccccc1. The van der Waals surface area contributed by atoms with Crippen molar-refractivity contribution in [2.75, 3.05) is 0 Å². The average Bonchev–Trinajstić information content (AvgIpc) is 2.41. The van der Waals surface area contributed by atoms with E-state index in [2.05, 4.69) is 0 Å². The van der Waals surface area contributed by atoms with Crippen LogP contribution in [0.25, 0.3) is 0 Å². The van der Waals surface area contributed by atoms with Crippen molar-refractivity contribution in [3.63, 3.8) is 0 Å². The summed E-state index contributed by atoms with van der Waals surface area (Å²) in [4.78, 5) is 0. The maximum Gasteiger partial charge on any atom is 0.234 e. The Labute approximate surface area is 107 Å². The van der Waals surface area contributed by atoms with E-state index in [4.69, 9.17) is 9.47 Å². The smallest absolute Gasteiger partial charge is 0.234 e. The Morgan fingerprint density at radius 3 is 2.39 bits per heavy atom. The van der Waals surface area contributed by atoms with Gasteiger partial charge in [0.25, 0.3) is 0 Å². The normalized spacial score (nSPS) is 27.2. The second-order valence-electron chi connectivity index (χ2n) is 4.91. The fourth-order valence-corrected chi connectivity index (χ4v) is 2.55. The van der Waals surface area contributed by atoms with Crippen LogP contribution >= 0.6 is 0 Å². The summed E-state index contributed by atoms with van der Waals surface area (Å²) < 4.78 is 11.5. The Balaban J connectivity index is 1.72. The van der Waals surface area contributed by atoms with Crippen molar-refractivity contribution in [2.24, 2.45) is 0 Å². The molecule has 2 atom stereocenters. The van der Waals surface area contributed by atoms with Crippen molar-refractivity contribution in [2.45, 2.75) is 44.5 Å². The van der Waals surface area contributed by atoms with Crippen LogP contribution in [-0.4, -0.2) is 17.5 Å². The molecule has 3 heteroatoms. The lowest BCUT2D eigenvalue weighted by molar-refractivity contribution is -0.176. The molecule has 0 spiro atoms. The van der Waals surface area contributed by atoms with E-state index in [9.17, 15) is 5.11 Å². The Bertz CT molecular complexity index is 438. The second-order valence-corrected chi connectivity index (χ2v) is 4.91. The molecule has 1 unspecified atom stereocenters. The lowest BCUT2D eigenvalue weighted by atomic mass is 10.0. The second kappa shape index (κ2) is 5.02. The Kier molecular flexibility index (Phi) is 3.24. The molecular weight excluding hydrogens is 228 g/mol. The molecule has 2 aliphatic rings. The molecule has 96 valence electrons. The molecule has 1 aromatic rings. The minimum absolute atomic E-state index is 0.288.